The Morgan fingerprint density at radius 2 is 2.29 bits per heavy atom. The molecular weight excluding hydrogens is 232 g/mol. The number of aromatic nitrogens is 3. The van der Waals surface area contributed by atoms with Crippen LogP contribution < -0.4 is 5.32 Å². The predicted molar refractivity (Wildman–Crippen MR) is 69.5 cm³/mol. The van der Waals surface area contributed by atoms with E-state index in [1.165, 1.54) is 0 Å². The molecule has 5 heteroatoms. The molecule has 0 aliphatic carbocycles. The summed E-state index contributed by atoms with van der Waals surface area (Å²) >= 11 is 1.64. The van der Waals surface area contributed by atoms with Crippen molar-refractivity contribution < 1.29 is 0 Å². The van der Waals surface area contributed by atoms with Crippen LogP contribution in [-0.4, -0.2) is 20.9 Å². The normalized spacial score (nSPS) is 10.8. The highest BCUT2D eigenvalue weighted by molar-refractivity contribution is 7.07. The molecule has 17 heavy (non-hydrogen) atoms. The fourth-order valence-electron chi connectivity index (χ4n) is 1.77. The van der Waals surface area contributed by atoms with Gasteiger partial charge in [-0.1, -0.05) is 6.07 Å². The molecule has 0 fully saturated rings. The molecule has 3 rings (SSSR count). The topological polar surface area (TPSA) is 42.2 Å². The van der Waals surface area contributed by atoms with E-state index in [0.29, 0.717) is 0 Å². The van der Waals surface area contributed by atoms with Gasteiger partial charge in [-0.05, 0) is 12.1 Å². The van der Waals surface area contributed by atoms with Crippen molar-refractivity contribution >= 4 is 22.8 Å². The first kappa shape index (κ1) is 10.3. The van der Waals surface area contributed by atoms with Crippen LogP contribution in [0.25, 0.3) is 5.65 Å². The molecular formula is C12H12N4S. The van der Waals surface area contributed by atoms with Crippen molar-refractivity contribution in [2.75, 3.05) is 11.9 Å². The number of nitrogens with one attached hydrogen (secondary N) is 1. The van der Waals surface area contributed by atoms with Gasteiger partial charge in [0.15, 0.2) is 0 Å². The molecule has 0 saturated heterocycles. The molecule has 0 bridgehead atoms. The molecule has 1 N–H and O–H groups in total. The monoisotopic (exact) mass is 244 g/mol. The largest absolute Gasteiger partial charge is 0.371 e. The molecule has 4 nitrogen and oxygen atoms in total. The van der Waals surface area contributed by atoms with Gasteiger partial charge in [0, 0.05) is 30.7 Å². The molecule has 3 heterocycles. The van der Waals surface area contributed by atoms with E-state index in [-0.39, 0.29) is 0 Å². The second-order valence-electron chi connectivity index (χ2n) is 3.72. The number of hydrogen-bond acceptors (Lipinski definition) is 4. The van der Waals surface area contributed by atoms with Gasteiger partial charge >= 0.3 is 0 Å². The highest BCUT2D eigenvalue weighted by Crippen LogP contribution is 2.11. The Bertz CT molecular complexity index is 600. The Hall–Kier alpha value is -1.88. The lowest BCUT2D eigenvalue weighted by Crippen LogP contribution is -2.08. The summed E-state index contributed by atoms with van der Waals surface area (Å²) in [5.74, 6) is 1.07. The number of thiazole rings is 1. The molecule has 0 radical (unpaired) electrons. The van der Waals surface area contributed by atoms with Crippen LogP contribution in [0.5, 0.6) is 0 Å². The van der Waals surface area contributed by atoms with Crippen molar-refractivity contribution in [3.8, 4) is 0 Å². The van der Waals surface area contributed by atoms with Gasteiger partial charge in [-0.3, -0.25) is 4.40 Å². The molecule has 86 valence electrons. The van der Waals surface area contributed by atoms with E-state index in [1.807, 2.05) is 28.2 Å². The molecule has 3 aromatic heterocycles. The van der Waals surface area contributed by atoms with Crippen molar-refractivity contribution in [1.29, 1.82) is 0 Å². The number of pyridine rings is 1. The molecule has 0 atom stereocenters. The Morgan fingerprint density at radius 1 is 1.29 bits per heavy atom. The second-order valence-corrected chi connectivity index (χ2v) is 4.44. The summed E-state index contributed by atoms with van der Waals surface area (Å²) in [6.07, 6.45) is 4.70. The lowest BCUT2D eigenvalue weighted by atomic mass is 10.3. The maximum absolute atomic E-state index is 4.26. The van der Waals surface area contributed by atoms with Gasteiger partial charge in [-0.25, -0.2) is 9.97 Å². The van der Waals surface area contributed by atoms with Crippen LogP contribution >= 0.6 is 11.3 Å². The van der Waals surface area contributed by atoms with E-state index >= 15 is 0 Å². The minimum atomic E-state index is 0.876. The fraction of sp³-hybridized carbons (Fsp3) is 0.167. The number of anilines is 1. The lowest BCUT2D eigenvalue weighted by molar-refractivity contribution is 0.961. The summed E-state index contributed by atoms with van der Waals surface area (Å²) in [4.78, 5) is 8.51. The number of rotatable bonds is 4. The first-order valence-electron chi connectivity index (χ1n) is 5.46. The SMILES string of the molecule is c1cc(NCCc2cscn2)n2ccnc2c1. The van der Waals surface area contributed by atoms with E-state index < -0.39 is 0 Å². The smallest absolute Gasteiger partial charge is 0.138 e. The zero-order chi connectivity index (χ0) is 11.5. The van der Waals surface area contributed by atoms with Gasteiger partial charge in [-0.15, -0.1) is 11.3 Å². The maximum atomic E-state index is 4.26. The third-order valence-corrected chi connectivity index (χ3v) is 3.23. The van der Waals surface area contributed by atoms with Gasteiger partial charge in [-0.2, -0.15) is 0 Å². The summed E-state index contributed by atoms with van der Waals surface area (Å²) in [6, 6.07) is 6.05. The first-order valence-corrected chi connectivity index (χ1v) is 6.41. The van der Waals surface area contributed by atoms with E-state index in [4.69, 9.17) is 0 Å². The van der Waals surface area contributed by atoms with Crippen LogP contribution in [0.15, 0.2) is 41.5 Å². The van der Waals surface area contributed by atoms with Crippen LogP contribution in [0.3, 0.4) is 0 Å². The average Bonchev–Trinajstić information content (AvgIpc) is 2.99. The second kappa shape index (κ2) is 4.55. The van der Waals surface area contributed by atoms with Crippen molar-refractivity contribution in [3.05, 3.63) is 47.2 Å². The Kier molecular flexibility index (Phi) is 2.75. The molecule has 0 aliphatic heterocycles. The van der Waals surface area contributed by atoms with Gasteiger partial charge in [0.2, 0.25) is 0 Å². The highest BCUT2D eigenvalue weighted by Gasteiger charge is 2.00. The van der Waals surface area contributed by atoms with Gasteiger partial charge in [0.05, 0.1) is 11.2 Å². The zero-order valence-electron chi connectivity index (χ0n) is 9.21. The summed E-state index contributed by atoms with van der Waals surface area (Å²) in [7, 11) is 0. The maximum Gasteiger partial charge on any atom is 0.138 e. The first-order chi connectivity index (χ1) is 8.43. The van der Waals surface area contributed by atoms with Crippen molar-refractivity contribution in [1.82, 2.24) is 14.4 Å². The summed E-state index contributed by atoms with van der Waals surface area (Å²) in [5, 5.41) is 5.48. The van der Waals surface area contributed by atoms with E-state index in [2.05, 4.69) is 26.7 Å². The van der Waals surface area contributed by atoms with Crippen LogP contribution in [0.4, 0.5) is 5.82 Å². The third kappa shape index (κ3) is 2.14. The standard InChI is InChI=1S/C12H12N4S/c1-2-11(16-7-6-14-12(16)3-1)13-5-4-10-8-17-9-15-10/h1-3,6-9,13H,4-5H2. The molecule has 0 unspecified atom stereocenters. The molecule has 0 saturated carbocycles. The van der Waals surface area contributed by atoms with E-state index in [0.717, 1.165) is 30.1 Å². The van der Waals surface area contributed by atoms with Crippen molar-refractivity contribution in [3.63, 3.8) is 0 Å². The van der Waals surface area contributed by atoms with Gasteiger partial charge < -0.3 is 5.32 Å². The molecule has 0 aliphatic rings. The van der Waals surface area contributed by atoms with Crippen LogP contribution in [0, 0.1) is 0 Å². The van der Waals surface area contributed by atoms with Crippen LogP contribution in [0.1, 0.15) is 5.69 Å². The number of imidazole rings is 1. The van der Waals surface area contributed by atoms with Crippen LogP contribution in [0.2, 0.25) is 0 Å². The quantitative estimate of drug-likeness (QED) is 0.766. The fourth-order valence-corrected chi connectivity index (χ4v) is 2.36. The van der Waals surface area contributed by atoms with Gasteiger partial charge in [0.25, 0.3) is 0 Å². The van der Waals surface area contributed by atoms with E-state index in [1.54, 1.807) is 17.5 Å². The molecule has 0 aromatic carbocycles. The van der Waals surface area contributed by atoms with Gasteiger partial charge in [0.1, 0.15) is 11.5 Å². The molecule has 0 amide bonds. The van der Waals surface area contributed by atoms with Crippen LogP contribution in [-0.2, 0) is 6.42 Å². The lowest BCUT2D eigenvalue weighted by Gasteiger charge is -2.07. The Balaban J connectivity index is 1.70. The third-order valence-electron chi connectivity index (χ3n) is 2.60. The zero-order valence-corrected chi connectivity index (χ0v) is 10.0. The number of fused-ring (bicyclic) bond motifs is 1. The predicted octanol–water partition coefficient (Wildman–Crippen LogP) is 2.45. The molecule has 0 spiro atoms. The minimum Gasteiger partial charge on any atom is -0.371 e. The van der Waals surface area contributed by atoms with Crippen molar-refractivity contribution in [2.45, 2.75) is 6.42 Å². The van der Waals surface area contributed by atoms with Crippen molar-refractivity contribution in [2.24, 2.45) is 0 Å². The number of hydrogen-bond donors (Lipinski definition) is 1. The Labute approximate surface area is 103 Å². The van der Waals surface area contributed by atoms with E-state index in [9.17, 15) is 0 Å². The summed E-state index contributed by atoms with van der Waals surface area (Å²) in [5.41, 5.74) is 3.97. The minimum absolute atomic E-state index is 0.876. The Morgan fingerprint density at radius 3 is 3.18 bits per heavy atom. The summed E-state index contributed by atoms with van der Waals surface area (Å²) in [6.45, 7) is 0.876. The molecule has 3 aromatic rings. The number of nitrogens with zero attached hydrogens (tertiary/aromatic N) is 3. The summed E-state index contributed by atoms with van der Waals surface area (Å²) < 4.78 is 2.04. The highest BCUT2D eigenvalue weighted by atomic mass is 32.1. The average molecular weight is 244 g/mol.